The number of carbonyl (C=O) groups is 2. The van der Waals surface area contributed by atoms with E-state index in [-0.39, 0.29) is 17.1 Å². The highest BCUT2D eigenvalue weighted by atomic mass is 16.2. The molecule has 1 amide bonds. The Balaban J connectivity index is 1.84. The largest absolute Gasteiger partial charge is 0.311 e. The summed E-state index contributed by atoms with van der Waals surface area (Å²) in [5.41, 5.74) is -0.178. The van der Waals surface area contributed by atoms with Gasteiger partial charge in [-0.15, -0.1) is 0 Å². The molecular weight excluding hydrogens is 310 g/mol. The first-order valence-electron chi connectivity index (χ1n) is 9.26. The summed E-state index contributed by atoms with van der Waals surface area (Å²) >= 11 is 0. The Bertz CT molecular complexity index is 864. The number of ketones is 1. The standard InChI is InChI=1S/C22H25NO2/c1-4-23(18-11-7-9-15-8-5-6-10-17(15)18)20(25)22-13-12-16(14-19(22)24)21(22,2)3/h5-11,16H,4,12-14H2,1-3H3. The van der Waals surface area contributed by atoms with Crippen molar-refractivity contribution in [2.24, 2.45) is 16.7 Å². The number of nitrogens with zero attached hydrogens (tertiary/aromatic N) is 1. The second-order valence-electron chi connectivity index (χ2n) is 8.04. The number of carbonyl (C=O) groups excluding carboxylic acids is 2. The summed E-state index contributed by atoms with van der Waals surface area (Å²) in [6.45, 7) is 6.80. The fourth-order valence-electron chi connectivity index (χ4n) is 5.28. The molecule has 2 aliphatic rings. The monoisotopic (exact) mass is 335 g/mol. The maximum Gasteiger partial charge on any atom is 0.241 e. The minimum atomic E-state index is -0.843. The van der Waals surface area contributed by atoms with Gasteiger partial charge in [-0.2, -0.15) is 0 Å². The Morgan fingerprint density at radius 2 is 1.88 bits per heavy atom. The van der Waals surface area contributed by atoms with Crippen molar-refractivity contribution in [1.82, 2.24) is 0 Å². The second kappa shape index (κ2) is 5.42. The molecule has 0 spiro atoms. The van der Waals surface area contributed by atoms with Crippen LogP contribution in [-0.2, 0) is 9.59 Å². The van der Waals surface area contributed by atoms with Gasteiger partial charge in [0.2, 0.25) is 5.91 Å². The SMILES string of the molecule is CCN(C(=O)C12CCC(CC1=O)C2(C)C)c1cccc2ccccc12. The van der Waals surface area contributed by atoms with Crippen LogP contribution in [-0.4, -0.2) is 18.2 Å². The predicted molar refractivity (Wildman–Crippen MR) is 101 cm³/mol. The number of fused-ring (bicyclic) bond motifs is 3. The van der Waals surface area contributed by atoms with E-state index in [0.29, 0.717) is 25.3 Å². The van der Waals surface area contributed by atoms with Gasteiger partial charge in [0.25, 0.3) is 0 Å². The van der Waals surface area contributed by atoms with E-state index in [1.165, 1.54) is 0 Å². The van der Waals surface area contributed by atoms with Crippen LogP contribution in [0.1, 0.15) is 40.0 Å². The van der Waals surface area contributed by atoms with Crippen LogP contribution < -0.4 is 4.90 Å². The summed E-state index contributed by atoms with van der Waals surface area (Å²) in [6, 6.07) is 14.2. The van der Waals surface area contributed by atoms with Crippen LogP contribution in [0.3, 0.4) is 0 Å². The molecule has 0 heterocycles. The lowest BCUT2D eigenvalue weighted by molar-refractivity contribution is -0.143. The Morgan fingerprint density at radius 1 is 1.16 bits per heavy atom. The first-order valence-corrected chi connectivity index (χ1v) is 9.26. The molecule has 0 radical (unpaired) electrons. The van der Waals surface area contributed by atoms with Crippen molar-refractivity contribution in [2.75, 3.05) is 11.4 Å². The third kappa shape index (κ3) is 1.98. The summed E-state index contributed by atoms with van der Waals surface area (Å²) in [4.78, 5) is 28.5. The molecule has 3 heteroatoms. The van der Waals surface area contributed by atoms with Crippen LogP contribution in [0.4, 0.5) is 5.69 Å². The maximum atomic E-state index is 13.7. The molecule has 3 nitrogen and oxygen atoms in total. The van der Waals surface area contributed by atoms with Gasteiger partial charge < -0.3 is 4.90 Å². The number of amides is 1. The first-order chi connectivity index (χ1) is 11.9. The van der Waals surface area contributed by atoms with E-state index < -0.39 is 5.41 Å². The molecule has 2 aromatic carbocycles. The number of hydrogen-bond acceptors (Lipinski definition) is 2. The normalized spacial score (nSPS) is 27.0. The number of hydrogen-bond donors (Lipinski definition) is 0. The molecule has 4 rings (SSSR count). The minimum absolute atomic E-state index is 0.00125. The topological polar surface area (TPSA) is 37.4 Å². The smallest absolute Gasteiger partial charge is 0.241 e. The van der Waals surface area contributed by atoms with Gasteiger partial charge in [0.1, 0.15) is 11.2 Å². The van der Waals surface area contributed by atoms with Gasteiger partial charge in [0, 0.05) is 18.4 Å². The van der Waals surface area contributed by atoms with Crippen LogP contribution in [0.5, 0.6) is 0 Å². The molecular formula is C22H25NO2. The zero-order valence-electron chi connectivity index (χ0n) is 15.2. The van der Waals surface area contributed by atoms with E-state index in [9.17, 15) is 9.59 Å². The van der Waals surface area contributed by atoms with Crippen molar-refractivity contribution in [3.63, 3.8) is 0 Å². The summed E-state index contributed by atoms with van der Waals surface area (Å²) in [5, 5.41) is 2.18. The summed E-state index contributed by atoms with van der Waals surface area (Å²) in [6.07, 6.45) is 2.24. The van der Waals surface area contributed by atoms with Crippen LogP contribution in [0.2, 0.25) is 0 Å². The third-order valence-electron chi connectivity index (χ3n) is 6.88. The van der Waals surface area contributed by atoms with Crippen LogP contribution in [0.15, 0.2) is 42.5 Å². The molecule has 25 heavy (non-hydrogen) atoms. The molecule has 0 saturated heterocycles. The third-order valence-corrected chi connectivity index (χ3v) is 6.88. The van der Waals surface area contributed by atoms with Gasteiger partial charge in [-0.25, -0.2) is 0 Å². The molecule has 2 saturated carbocycles. The van der Waals surface area contributed by atoms with Gasteiger partial charge in [0.15, 0.2) is 0 Å². The molecule has 130 valence electrons. The summed E-state index contributed by atoms with van der Waals surface area (Å²) in [5.74, 6) is 0.494. The molecule has 2 atom stereocenters. The first kappa shape index (κ1) is 16.3. The number of rotatable bonds is 3. The van der Waals surface area contributed by atoms with Crippen molar-refractivity contribution in [3.05, 3.63) is 42.5 Å². The average molecular weight is 335 g/mol. The Morgan fingerprint density at radius 3 is 2.52 bits per heavy atom. The molecule has 2 aromatic rings. The quantitative estimate of drug-likeness (QED) is 0.770. The molecule has 0 aliphatic heterocycles. The van der Waals surface area contributed by atoms with E-state index in [1.807, 2.05) is 36.1 Å². The van der Waals surface area contributed by atoms with Crippen LogP contribution in [0.25, 0.3) is 10.8 Å². The highest BCUT2D eigenvalue weighted by Crippen LogP contribution is 2.64. The van der Waals surface area contributed by atoms with Crippen molar-refractivity contribution < 1.29 is 9.59 Å². The minimum Gasteiger partial charge on any atom is -0.311 e. The average Bonchev–Trinajstić information content (AvgIpc) is 2.98. The molecule has 2 bridgehead atoms. The van der Waals surface area contributed by atoms with Crippen molar-refractivity contribution in [3.8, 4) is 0 Å². The fraction of sp³-hybridized carbons (Fsp3) is 0.455. The van der Waals surface area contributed by atoms with E-state index >= 15 is 0 Å². The van der Waals surface area contributed by atoms with Crippen molar-refractivity contribution in [1.29, 1.82) is 0 Å². The van der Waals surface area contributed by atoms with Gasteiger partial charge in [-0.05, 0) is 42.6 Å². The zero-order chi connectivity index (χ0) is 17.8. The van der Waals surface area contributed by atoms with Crippen LogP contribution >= 0.6 is 0 Å². The Labute approximate surface area is 149 Å². The fourth-order valence-corrected chi connectivity index (χ4v) is 5.28. The lowest BCUT2D eigenvalue weighted by Gasteiger charge is -2.39. The predicted octanol–water partition coefficient (Wildman–Crippen LogP) is 4.59. The van der Waals surface area contributed by atoms with Gasteiger partial charge in [-0.3, -0.25) is 9.59 Å². The Hall–Kier alpha value is -2.16. The van der Waals surface area contributed by atoms with Gasteiger partial charge >= 0.3 is 0 Å². The zero-order valence-corrected chi connectivity index (χ0v) is 15.2. The maximum absolute atomic E-state index is 13.7. The number of Topliss-reactive ketones (excluding diaryl/α,β-unsaturated/α-hetero) is 1. The second-order valence-corrected chi connectivity index (χ2v) is 8.04. The highest BCUT2D eigenvalue weighted by molar-refractivity contribution is 6.17. The molecule has 0 aromatic heterocycles. The summed E-state index contributed by atoms with van der Waals surface area (Å²) < 4.78 is 0. The lowest BCUT2D eigenvalue weighted by atomic mass is 9.68. The molecule has 2 aliphatic carbocycles. The molecule has 2 fully saturated rings. The summed E-state index contributed by atoms with van der Waals surface area (Å²) in [7, 11) is 0. The lowest BCUT2D eigenvalue weighted by Crippen LogP contribution is -2.51. The van der Waals surface area contributed by atoms with Crippen molar-refractivity contribution >= 4 is 28.2 Å². The highest BCUT2D eigenvalue weighted by Gasteiger charge is 2.68. The van der Waals surface area contributed by atoms with Crippen LogP contribution in [0, 0.1) is 16.7 Å². The Kier molecular flexibility index (Phi) is 3.54. The van der Waals surface area contributed by atoms with Gasteiger partial charge in [0.05, 0.1) is 5.69 Å². The van der Waals surface area contributed by atoms with E-state index in [4.69, 9.17) is 0 Å². The number of anilines is 1. The molecule has 2 unspecified atom stereocenters. The van der Waals surface area contributed by atoms with E-state index in [1.54, 1.807) is 0 Å². The van der Waals surface area contributed by atoms with Gasteiger partial charge in [-0.1, -0.05) is 50.2 Å². The van der Waals surface area contributed by atoms with Crippen molar-refractivity contribution in [2.45, 2.75) is 40.0 Å². The number of benzene rings is 2. The van der Waals surface area contributed by atoms with E-state index in [0.717, 1.165) is 22.9 Å². The molecule has 0 N–H and O–H groups in total. The van der Waals surface area contributed by atoms with E-state index in [2.05, 4.69) is 32.0 Å².